The van der Waals surface area contributed by atoms with Gasteiger partial charge < -0.3 is 20.4 Å². The summed E-state index contributed by atoms with van der Waals surface area (Å²) in [5.41, 5.74) is 0. The Morgan fingerprint density at radius 2 is 2.16 bits per heavy atom. The molecule has 0 saturated carbocycles. The number of likely N-dealkylation sites (tertiary alicyclic amines) is 1. The molecule has 3 N–H and O–H groups in total. The van der Waals surface area contributed by atoms with Crippen molar-refractivity contribution < 1.29 is 19.8 Å². The largest absolute Gasteiger partial charge is 0.480 e. The number of terminal acetylenes is 1. The normalized spacial score (nSPS) is 21.1. The Bertz CT molecular complexity index is 364. The number of carbonyl (C=O) groups is 2. The molecule has 19 heavy (non-hydrogen) atoms. The zero-order chi connectivity index (χ0) is 14.3. The number of nitrogens with zero attached hydrogens (tertiary/aromatic N) is 1. The van der Waals surface area contributed by atoms with Gasteiger partial charge in [-0.05, 0) is 12.8 Å². The van der Waals surface area contributed by atoms with E-state index in [2.05, 4.69) is 11.2 Å². The standard InChI is InChI=1S/C13H20N2O4/c1-2-6-11(12(17)18)14-13(19)15-8-5-3-4-7-10(15)9-16/h1,10-11,16H,3-9H2,(H,14,19)(H,17,18). The van der Waals surface area contributed by atoms with Crippen LogP contribution < -0.4 is 5.32 Å². The molecule has 1 fully saturated rings. The second-order valence-corrected chi connectivity index (χ2v) is 4.63. The maximum Gasteiger partial charge on any atom is 0.327 e. The maximum absolute atomic E-state index is 12.1. The molecule has 106 valence electrons. The number of urea groups is 1. The first-order valence-corrected chi connectivity index (χ1v) is 6.44. The fourth-order valence-corrected chi connectivity index (χ4v) is 2.18. The first-order chi connectivity index (χ1) is 9.10. The number of aliphatic hydroxyl groups excluding tert-OH is 1. The van der Waals surface area contributed by atoms with E-state index in [0.29, 0.717) is 6.54 Å². The third kappa shape index (κ3) is 4.45. The first kappa shape index (κ1) is 15.3. The molecule has 0 radical (unpaired) electrons. The predicted octanol–water partition coefficient (Wildman–Crippen LogP) is 0.409. The van der Waals surface area contributed by atoms with Crippen LogP contribution in [0.1, 0.15) is 32.1 Å². The zero-order valence-corrected chi connectivity index (χ0v) is 10.8. The molecule has 6 heteroatoms. The summed E-state index contributed by atoms with van der Waals surface area (Å²) in [5, 5.41) is 20.7. The quantitative estimate of drug-likeness (QED) is 0.644. The Morgan fingerprint density at radius 3 is 2.74 bits per heavy atom. The lowest BCUT2D eigenvalue weighted by molar-refractivity contribution is -0.139. The van der Waals surface area contributed by atoms with Gasteiger partial charge in [0.15, 0.2) is 0 Å². The summed E-state index contributed by atoms with van der Waals surface area (Å²) in [6.45, 7) is 0.416. The van der Waals surface area contributed by atoms with Gasteiger partial charge in [0.2, 0.25) is 0 Å². The summed E-state index contributed by atoms with van der Waals surface area (Å²) in [7, 11) is 0. The lowest BCUT2D eigenvalue weighted by atomic mass is 10.1. The number of aliphatic carboxylic acids is 1. The van der Waals surface area contributed by atoms with Gasteiger partial charge in [-0.15, -0.1) is 12.3 Å². The van der Waals surface area contributed by atoms with E-state index >= 15 is 0 Å². The summed E-state index contributed by atoms with van der Waals surface area (Å²) in [6.07, 6.45) is 8.58. The van der Waals surface area contributed by atoms with Crippen molar-refractivity contribution in [3.8, 4) is 12.3 Å². The number of nitrogens with one attached hydrogen (secondary N) is 1. The Kier molecular flexibility index (Phi) is 6.16. The van der Waals surface area contributed by atoms with Crippen LogP contribution in [-0.2, 0) is 4.79 Å². The van der Waals surface area contributed by atoms with E-state index < -0.39 is 18.0 Å². The van der Waals surface area contributed by atoms with Crippen molar-refractivity contribution in [2.24, 2.45) is 0 Å². The number of carboxylic acids is 1. The molecule has 1 aliphatic rings. The highest BCUT2D eigenvalue weighted by molar-refractivity contribution is 5.83. The van der Waals surface area contributed by atoms with Crippen molar-refractivity contribution in [2.45, 2.75) is 44.2 Å². The summed E-state index contributed by atoms with van der Waals surface area (Å²) in [4.78, 5) is 24.5. The van der Waals surface area contributed by atoms with Crippen molar-refractivity contribution in [1.29, 1.82) is 0 Å². The number of amides is 2. The Labute approximate surface area is 112 Å². The average Bonchev–Trinajstić information content (AvgIpc) is 2.62. The molecule has 0 aromatic heterocycles. The van der Waals surface area contributed by atoms with Gasteiger partial charge in [0.25, 0.3) is 0 Å². The van der Waals surface area contributed by atoms with Gasteiger partial charge in [0.05, 0.1) is 12.6 Å². The van der Waals surface area contributed by atoms with Crippen LogP contribution in [0.25, 0.3) is 0 Å². The molecule has 0 aromatic rings. The minimum atomic E-state index is -1.15. The molecule has 1 saturated heterocycles. The van der Waals surface area contributed by atoms with Crippen molar-refractivity contribution >= 4 is 12.0 Å². The highest BCUT2D eigenvalue weighted by atomic mass is 16.4. The minimum Gasteiger partial charge on any atom is -0.480 e. The molecule has 0 bridgehead atoms. The third-order valence-corrected chi connectivity index (χ3v) is 3.27. The molecule has 1 heterocycles. The highest BCUT2D eigenvalue weighted by Gasteiger charge is 2.28. The fraction of sp³-hybridized carbons (Fsp3) is 0.692. The molecule has 2 amide bonds. The molecule has 1 rings (SSSR count). The van der Waals surface area contributed by atoms with Crippen LogP contribution in [0.5, 0.6) is 0 Å². The second kappa shape index (κ2) is 7.64. The molecule has 0 aliphatic carbocycles. The lowest BCUT2D eigenvalue weighted by Gasteiger charge is -2.29. The van der Waals surface area contributed by atoms with Gasteiger partial charge in [-0.1, -0.05) is 12.8 Å². The second-order valence-electron chi connectivity index (χ2n) is 4.63. The minimum absolute atomic E-state index is 0.0568. The predicted molar refractivity (Wildman–Crippen MR) is 69.5 cm³/mol. The SMILES string of the molecule is C#CCC(NC(=O)N1CCCCCC1CO)C(=O)O. The van der Waals surface area contributed by atoms with Crippen LogP contribution in [0, 0.1) is 12.3 Å². The highest BCUT2D eigenvalue weighted by Crippen LogP contribution is 2.16. The van der Waals surface area contributed by atoms with E-state index in [1.54, 1.807) is 0 Å². The topological polar surface area (TPSA) is 89.9 Å². The fourth-order valence-electron chi connectivity index (χ4n) is 2.18. The van der Waals surface area contributed by atoms with E-state index in [-0.39, 0.29) is 19.1 Å². The zero-order valence-electron chi connectivity index (χ0n) is 10.8. The van der Waals surface area contributed by atoms with Crippen LogP contribution in [0.2, 0.25) is 0 Å². The average molecular weight is 268 g/mol. The molecule has 2 atom stereocenters. The van der Waals surface area contributed by atoms with Crippen LogP contribution in [-0.4, -0.2) is 52.3 Å². The Hall–Kier alpha value is -1.74. The van der Waals surface area contributed by atoms with Gasteiger partial charge in [0.1, 0.15) is 6.04 Å². The number of carboxylic acid groups (broad SMARTS) is 1. The molecule has 0 spiro atoms. The van der Waals surface area contributed by atoms with Gasteiger partial charge >= 0.3 is 12.0 Å². The van der Waals surface area contributed by atoms with E-state index in [0.717, 1.165) is 25.7 Å². The van der Waals surface area contributed by atoms with Crippen LogP contribution in [0.4, 0.5) is 4.79 Å². The number of carbonyl (C=O) groups excluding carboxylic acids is 1. The smallest absolute Gasteiger partial charge is 0.327 e. The third-order valence-electron chi connectivity index (χ3n) is 3.27. The van der Waals surface area contributed by atoms with E-state index in [1.165, 1.54) is 4.90 Å². The molecule has 2 unspecified atom stereocenters. The number of hydrogen-bond acceptors (Lipinski definition) is 3. The Morgan fingerprint density at radius 1 is 1.42 bits per heavy atom. The van der Waals surface area contributed by atoms with E-state index in [1.807, 2.05) is 0 Å². The summed E-state index contributed by atoms with van der Waals surface area (Å²) in [5.74, 6) is 1.08. The monoisotopic (exact) mass is 268 g/mol. The summed E-state index contributed by atoms with van der Waals surface area (Å²) in [6, 6.07) is -1.80. The van der Waals surface area contributed by atoms with Gasteiger partial charge in [-0.3, -0.25) is 0 Å². The number of hydrogen-bond donors (Lipinski definition) is 3. The van der Waals surface area contributed by atoms with E-state index in [9.17, 15) is 14.7 Å². The summed E-state index contributed by atoms with van der Waals surface area (Å²) < 4.78 is 0. The molecule has 1 aliphatic heterocycles. The van der Waals surface area contributed by atoms with Crippen molar-refractivity contribution in [1.82, 2.24) is 10.2 Å². The van der Waals surface area contributed by atoms with Crippen LogP contribution >= 0.6 is 0 Å². The van der Waals surface area contributed by atoms with Crippen molar-refractivity contribution in [3.05, 3.63) is 0 Å². The first-order valence-electron chi connectivity index (χ1n) is 6.44. The van der Waals surface area contributed by atoms with Gasteiger partial charge in [0, 0.05) is 13.0 Å². The van der Waals surface area contributed by atoms with E-state index in [4.69, 9.17) is 11.5 Å². The number of rotatable bonds is 4. The molecular weight excluding hydrogens is 248 g/mol. The van der Waals surface area contributed by atoms with Crippen molar-refractivity contribution in [3.63, 3.8) is 0 Å². The number of aliphatic hydroxyl groups is 1. The maximum atomic E-state index is 12.1. The van der Waals surface area contributed by atoms with Gasteiger partial charge in [-0.2, -0.15) is 0 Å². The van der Waals surface area contributed by atoms with Crippen LogP contribution in [0.15, 0.2) is 0 Å². The van der Waals surface area contributed by atoms with Gasteiger partial charge in [-0.25, -0.2) is 9.59 Å². The van der Waals surface area contributed by atoms with Crippen LogP contribution in [0.3, 0.4) is 0 Å². The van der Waals surface area contributed by atoms with Crippen molar-refractivity contribution in [2.75, 3.05) is 13.2 Å². The molecule has 6 nitrogen and oxygen atoms in total. The molecular formula is C13H20N2O4. The molecule has 0 aromatic carbocycles. The summed E-state index contributed by atoms with van der Waals surface area (Å²) >= 11 is 0. The Balaban J connectivity index is 2.68. The lowest BCUT2D eigenvalue weighted by Crippen LogP contribution is -2.52.